The fourth-order valence-electron chi connectivity index (χ4n) is 3.03. The molecule has 0 saturated carbocycles. The fourth-order valence-corrected chi connectivity index (χ4v) is 3.03. The molecule has 1 aromatic carbocycles. The molecule has 2 N–H and O–H groups in total. The van der Waals surface area contributed by atoms with Crippen molar-refractivity contribution in [3.8, 4) is 11.3 Å². The van der Waals surface area contributed by atoms with E-state index < -0.39 is 6.23 Å². The zero-order valence-corrected chi connectivity index (χ0v) is 16.9. The number of nitrogen functional groups attached to an aromatic ring is 1. The van der Waals surface area contributed by atoms with Gasteiger partial charge in [0.2, 0.25) is 12.1 Å². The van der Waals surface area contributed by atoms with Crippen molar-refractivity contribution in [2.75, 3.05) is 26.9 Å². The van der Waals surface area contributed by atoms with E-state index in [4.69, 9.17) is 10.5 Å². The maximum atomic E-state index is 12.1. The Balaban J connectivity index is 1.61. The molecule has 9 nitrogen and oxygen atoms in total. The number of anilines is 1. The lowest BCUT2D eigenvalue weighted by Gasteiger charge is -2.19. The van der Waals surface area contributed by atoms with E-state index in [1.165, 1.54) is 4.90 Å². The highest BCUT2D eigenvalue weighted by atomic mass is 16.5. The molecule has 0 saturated heterocycles. The van der Waals surface area contributed by atoms with Gasteiger partial charge in [0, 0.05) is 50.2 Å². The molecule has 1 atom stereocenters. The molecule has 0 radical (unpaired) electrons. The van der Waals surface area contributed by atoms with Crippen molar-refractivity contribution in [3.05, 3.63) is 71.8 Å². The Hall–Kier alpha value is -4.01. The number of pyridine rings is 1. The van der Waals surface area contributed by atoms with Crippen molar-refractivity contribution in [2.45, 2.75) is 6.23 Å². The zero-order chi connectivity index (χ0) is 21.3. The minimum atomic E-state index is -0.602. The van der Waals surface area contributed by atoms with E-state index in [9.17, 15) is 4.79 Å². The summed E-state index contributed by atoms with van der Waals surface area (Å²) in [6.45, 7) is 0. The van der Waals surface area contributed by atoms with E-state index in [1.807, 2.05) is 24.3 Å². The predicted molar refractivity (Wildman–Crippen MR) is 112 cm³/mol. The minimum absolute atomic E-state index is 0.0626. The Kier molecular flexibility index (Phi) is 5.01. The molecule has 0 aliphatic carbocycles. The normalized spacial score (nSPS) is 15.5. The van der Waals surface area contributed by atoms with Crippen molar-refractivity contribution in [1.29, 1.82) is 0 Å². The number of aromatic nitrogens is 3. The van der Waals surface area contributed by atoms with E-state index in [1.54, 1.807) is 56.9 Å². The summed E-state index contributed by atoms with van der Waals surface area (Å²) in [6, 6.07) is 10.8. The quantitative estimate of drug-likeness (QED) is 0.711. The van der Waals surface area contributed by atoms with Crippen LogP contribution >= 0.6 is 0 Å². The number of ether oxygens (including phenoxy) is 1. The monoisotopic (exact) mass is 403 g/mol. The molecule has 2 aromatic heterocycles. The van der Waals surface area contributed by atoms with Crippen LogP contribution in [0.3, 0.4) is 0 Å². The van der Waals surface area contributed by atoms with Crippen LogP contribution in [0.2, 0.25) is 0 Å². The summed E-state index contributed by atoms with van der Waals surface area (Å²) in [6.07, 6.45) is 4.35. The average Bonchev–Trinajstić information content (AvgIpc) is 3.15. The summed E-state index contributed by atoms with van der Waals surface area (Å²) in [5, 5.41) is 6.09. The number of rotatable bonds is 4. The minimum Gasteiger partial charge on any atom is -0.444 e. The van der Waals surface area contributed by atoms with Crippen LogP contribution in [0.5, 0.6) is 0 Å². The van der Waals surface area contributed by atoms with Crippen molar-refractivity contribution in [3.63, 3.8) is 0 Å². The molecule has 3 aromatic rings. The fraction of sp³-hybridized carbons (Fsp3) is 0.190. The first-order chi connectivity index (χ1) is 14.4. The summed E-state index contributed by atoms with van der Waals surface area (Å²) >= 11 is 0. The molecule has 0 bridgehead atoms. The maximum Gasteiger partial charge on any atom is 0.253 e. The number of nitrogens with zero attached hydrogens (tertiary/aromatic N) is 6. The van der Waals surface area contributed by atoms with Crippen LogP contribution in [0, 0.1) is 0 Å². The van der Waals surface area contributed by atoms with Crippen LogP contribution < -0.4 is 5.73 Å². The van der Waals surface area contributed by atoms with E-state index in [0.717, 1.165) is 11.1 Å². The Morgan fingerprint density at radius 3 is 2.47 bits per heavy atom. The maximum absolute atomic E-state index is 12.1. The van der Waals surface area contributed by atoms with E-state index >= 15 is 0 Å². The van der Waals surface area contributed by atoms with Crippen LogP contribution in [0.4, 0.5) is 5.82 Å². The van der Waals surface area contributed by atoms with E-state index in [-0.39, 0.29) is 11.7 Å². The smallest absolute Gasteiger partial charge is 0.253 e. The van der Waals surface area contributed by atoms with Gasteiger partial charge in [-0.2, -0.15) is 0 Å². The number of nitrogens with two attached hydrogens (primary N) is 1. The van der Waals surface area contributed by atoms with Crippen LogP contribution in [0.15, 0.2) is 60.1 Å². The van der Waals surface area contributed by atoms with Crippen LogP contribution in [0.1, 0.15) is 27.8 Å². The third-order valence-corrected chi connectivity index (χ3v) is 4.64. The van der Waals surface area contributed by atoms with Gasteiger partial charge >= 0.3 is 0 Å². The van der Waals surface area contributed by atoms with Crippen LogP contribution in [0.25, 0.3) is 11.3 Å². The van der Waals surface area contributed by atoms with Gasteiger partial charge < -0.3 is 15.4 Å². The molecule has 30 heavy (non-hydrogen) atoms. The SMILES string of the molecule is CN(C)C(=O)c1ccc(-c2cnc(N)c(C3OC(c4ccncc4)=NN3C)n2)cc1. The van der Waals surface area contributed by atoms with Crippen molar-refractivity contribution < 1.29 is 9.53 Å². The predicted octanol–water partition coefficient (Wildman–Crippen LogP) is 2.15. The van der Waals surface area contributed by atoms with Gasteiger partial charge in [-0.25, -0.2) is 9.97 Å². The highest BCUT2D eigenvalue weighted by Gasteiger charge is 2.31. The topological polar surface area (TPSA) is 110 Å². The van der Waals surface area contributed by atoms with Gasteiger partial charge in [0.15, 0.2) is 5.82 Å². The van der Waals surface area contributed by atoms with Gasteiger partial charge in [-0.05, 0) is 24.3 Å². The number of hydrogen-bond donors (Lipinski definition) is 1. The Bertz CT molecular complexity index is 1100. The molecule has 1 aliphatic heterocycles. The number of carbonyl (C=O) groups is 1. The van der Waals surface area contributed by atoms with E-state index in [0.29, 0.717) is 22.8 Å². The first kappa shape index (κ1) is 19.3. The van der Waals surface area contributed by atoms with Crippen LogP contribution in [-0.4, -0.2) is 57.8 Å². The van der Waals surface area contributed by atoms with E-state index in [2.05, 4.69) is 20.1 Å². The van der Waals surface area contributed by atoms with Gasteiger partial charge in [-0.1, -0.05) is 12.1 Å². The highest BCUT2D eigenvalue weighted by molar-refractivity contribution is 5.95. The molecule has 1 aliphatic rings. The lowest BCUT2D eigenvalue weighted by Crippen LogP contribution is -2.21. The summed E-state index contributed by atoms with van der Waals surface area (Å²) in [5.41, 5.74) is 9.41. The number of hydrogen-bond acceptors (Lipinski definition) is 8. The lowest BCUT2D eigenvalue weighted by molar-refractivity contribution is 0.0744. The molecule has 9 heteroatoms. The summed E-state index contributed by atoms with van der Waals surface area (Å²) in [7, 11) is 5.22. The standard InChI is InChI=1S/C21H21N7O2/c1-27(2)20(29)15-6-4-13(5-7-15)16-12-24-18(22)17(25-16)21-28(3)26-19(30-21)14-8-10-23-11-9-14/h4-12,21H,1-3H3,(H2,22,24). The van der Waals surface area contributed by atoms with Gasteiger partial charge in [0.25, 0.3) is 5.91 Å². The van der Waals surface area contributed by atoms with Crippen LogP contribution in [-0.2, 0) is 4.74 Å². The van der Waals surface area contributed by atoms with Gasteiger partial charge in [0.1, 0.15) is 5.69 Å². The Morgan fingerprint density at radius 1 is 1.10 bits per heavy atom. The van der Waals surface area contributed by atoms with Gasteiger partial charge in [-0.3, -0.25) is 14.8 Å². The Labute approximate surface area is 173 Å². The molecule has 4 rings (SSSR count). The van der Waals surface area contributed by atoms with Crippen molar-refractivity contribution in [1.82, 2.24) is 24.9 Å². The second-order valence-electron chi connectivity index (χ2n) is 6.99. The largest absolute Gasteiger partial charge is 0.444 e. The summed E-state index contributed by atoms with van der Waals surface area (Å²) in [4.78, 5) is 26.6. The molecule has 152 valence electrons. The summed E-state index contributed by atoms with van der Waals surface area (Å²) in [5.74, 6) is 0.664. The molecule has 0 fully saturated rings. The van der Waals surface area contributed by atoms with Gasteiger partial charge in [-0.15, -0.1) is 5.10 Å². The zero-order valence-electron chi connectivity index (χ0n) is 16.9. The lowest BCUT2D eigenvalue weighted by atomic mass is 10.1. The first-order valence-electron chi connectivity index (χ1n) is 9.27. The number of hydrazone groups is 1. The number of benzene rings is 1. The molecular weight excluding hydrogens is 382 g/mol. The third-order valence-electron chi connectivity index (χ3n) is 4.64. The molecule has 0 spiro atoms. The van der Waals surface area contributed by atoms with Gasteiger partial charge in [0.05, 0.1) is 11.9 Å². The van der Waals surface area contributed by atoms with Crippen molar-refractivity contribution in [2.24, 2.45) is 5.10 Å². The first-order valence-corrected chi connectivity index (χ1v) is 9.27. The molecular formula is C21H21N7O2. The average molecular weight is 403 g/mol. The third kappa shape index (κ3) is 3.64. The highest BCUT2D eigenvalue weighted by Crippen LogP contribution is 2.31. The second-order valence-corrected chi connectivity index (χ2v) is 6.99. The Morgan fingerprint density at radius 2 is 1.80 bits per heavy atom. The number of amides is 1. The molecule has 3 heterocycles. The summed E-state index contributed by atoms with van der Waals surface area (Å²) < 4.78 is 6.01. The second kappa shape index (κ2) is 7.78. The van der Waals surface area contributed by atoms with Crippen molar-refractivity contribution >= 4 is 17.6 Å². The molecule has 1 unspecified atom stereocenters. The number of carbonyl (C=O) groups excluding carboxylic acids is 1. The molecule has 1 amide bonds.